The Morgan fingerprint density at radius 3 is 2.47 bits per heavy atom. The third-order valence-electron chi connectivity index (χ3n) is 3.19. The van der Waals surface area contributed by atoms with Crippen LogP contribution < -0.4 is 10.0 Å². The second-order valence-electron chi connectivity index (χ2n) is 4.89. The van der Waals surface area contributed by atoms with Crippen molar-refractivity contribution in [2.24, 2.45) is 5.10 Å². The SMILES string of the molecule is C[N+]1(C)N=C([O-])N(c2cccc3ccccc23)C1=O. The van der Waals surface area contributed by atoms with Crippen molar-refractivity contribution in [3.05, 3.63) is 42.5 Å². The van der Waals surface area contributed by atoms with E-state index < -0.39 is 6.02 Å². The minimum Gasteiger partial charge on any atom is -0.842 e. The number of anilines is 1. The summed E-state index contributed by atoms with van der Waals surface area (Å²) in [4.78, 5) is 13.4. The van der Waals surface area contributed by atoms with Gasteiger partial charge >= 0.3 is 6.03 Å². The van der Waals surface area contributed by atoms with Gasteiger partial charge in [-0.15, -0.1) is 4.59 Å². The number of carbonyl (C=O) groups excluding carboxylic acids is 1. The molecule has 96 valence electrons. The highest BCUT2D eigenvalue weighted by atomic mass is 16.3. The van der Waals surface area contributed by atoms with Gasteiger partial charge in [-0.3, -0.25) is 0 Å². The Bertz CT molecular complexity index is 701. The van der Waals surface area contributed by atoms with Crippen molar-refractivity contribution in [1.82, 2.24) is 0 Å². The minimum atomic E-state index is -0.522. The first-order valence-electron chi connectivity index (χ1n) is 5.94. The van der Waals surface area contributed by atoms with Gasteiger partial charge in [-0.05, 0) is 11.5 Å². The van der Waals surface area contributed by atoms with Crippen molar-refractivity contribution in [2.75, 3.05) is 19.0 Å². The molecule has 1 aliphatic rings. The quantitative estimate of drug-likeness (QED) is 0.725. The van der Waals surface area contributed by atoms with Crippen molar-refractivity contribution >= 4 is 28.5 Å². The number of amides is 2. The largest absolute Gasteiger partial charge is 0.842 e. The van der Waals surface area contributed by atoms with Gasteiger partial charge in [-0.1, -0.05) is 41.5 Å². The van der Waals surface area contributed by atoms with Crippen LogP contribution in [-0.4, -0.2) is 30.7 Å². The summed E-state index contributed by atoms with van der Waals surface area (Å²) >= 11 is 0. The normalized spacial score (nSPS) is 17.9. The zero-order valence-corrected chi connectivity index (χ0v) is 10.7. The number of carbonyl (C=O) groups is 1. The summed E-state index contributed by atoms with van der Waals surface area (Å²) in [7, 11) is 3.18. The van der Waals surface area contributed by atoms with Crippen molar-refractivity contribution in [2.45, 2.75) is 0 Å². The molecule has 3 rings (SSSR count). The number of nitrogens with zero attached hydrogens (tertiary/aromatic N) is 3. The van der Waals surface area contributed by atoms with Crippen molar-refractivity contribution in [3.63, 3.8) is 0 Å². The number of hydrogen-bond acceptors (Lipinski definition) is 3. The van der Waals surface area contributed by atoms with Crippen LogP contribution in [0, 0.1) is 0 Å². The molecule has 0 N–H and O–H groups in total. The molecule has 1 aliphatic heterocycles. The van der Waals surface area contributed by atoms with Gasteiger partial charge in [0.05, 0.1) is 5.69 Å². The highest BCUT2D eigenvalue weighted by molar-refractivity contribution is 6.16. The maximum absolute atomic E-state index is 12.3. The lowest BCUT2D eigenvalue weighted by molar-refractivity contribution is -0.811. The molecular formula is C14H13N3O2. The molecular weight excluding hydrogens is 242 g/mol. The van der Waals surface area contributed by atoms with Crippen LogP contribution in [0.3, 0.4) is 0 Å². The second kappa shape index (κ2) is 3.80. The fraction of sp³-hybridized carbons (Fsp3) is 0.143. The average molecular weight is 255 g/mol. The lowest BCUT2D eigenvalue weighted by Gasteiger charge is -2.21. The van der Waals surface area contributed by atoms with Gasteiger partial charge in [0.1, 0.15) is 20.1 Å². The Morgan fingerprint density at radius 1 is 1.11 bits per heavy atom. The standard InChI is InChI=1S/C14H13N3O2/c1-17(2)14(19)16(13(18)15-17)12-9-5-7-10-6-3-4-8-11(10)12/h3-9H,1-2H3. The van der Waals surface area contributed by atoms with E-state index in [9.17, 15) is 9.90 Å². The second-order valence-corrected chi connectivity index (χ2v) is 4.89. The summed E-state index contributed by atoms with van der Waals surface area (Å²) in [5.41, 5.74) is 0.584. The van der Waals surface area contributed by atoms with Crippen LogP contribution in [0.4, 0.5) is 10.5 Å². The van der Waals surface area contributed by atoms with E-state index in [2.05, 4.69) is 5.10 Å². The summed E-state index contributed by atoms with van der Waals surface area (Å²) in [6.45, 7) is 0. The first-order chi connectivity index (χ1) is 9.00. The van der Waals surface area contributed by atoms with Crippen LogP contribution in [-0.2, 0) is 0 Å². The van der Waals surface area contributed by atoms with Crippen LogP contribution in [0.15, 0.2) is 47.6 Å². The van der Waals surface area contributed by atoms with Crippen molar-refractivity contribution in [3.8, 4) is 0 Å². The molecule has 0 atom stereocenters. The topological polar surface area (TPSA) is 55.7 Å². The molecule has 1 heterocycles. The summed E-state index contributed by atoms with van der Waals surface area (Å²) in [5.74, 6) is 0. The van der Waals surface area contributed by atoms with E-state index in [1.807, 2.05) is 36.4 Å². The lowest BCUT2D eigenvalue weighted by Crippen LogP contribution is -2.46. The molecule has 0 saturated carbocycles. The maximum atomic E-state index is 12.3. The van der Waals surface area contributed by atoms with Gasteiger partial charge in [-0.2, -0.15) is 0 Å². The van der Waals surface area contributed by atoms with E-state index in [-0.39, 0.29) is 10.6 Å². The Labute approximate surface area is 110 Å². The smallest absolute Gasteiger partial charge is 0.454 e. The monoisotopic (exact) mass is 255 g/mol. The van der Waals surface area contributed by atoms with Gasteiger partial charge in [0.25, 0.3) is 0 Å². The van der Waals surface area contributed by atoms with Gasteiger partial charge < -0.3 is 5.11 Å². The maximum Gasteiger partial charge on any atom is 0.454 e. The molecule has 2 aromatic carbocycles. The van der Waals surface area contributed by atoms with Crippen LogP contribution in [0.2, 0.25) is 0 Å². The average Bonchev–Trinajstić information content (AvgIpc) is 2.58. The molecule has 0 spiro atoms. The fourth-order valence-corrected chi connectivity index (χ4v) is 2.24. The molecule has 0 fully saturated rings. The molecule has 19 heavy (non-hydrogen) atoms. The van der Waals surface area contributed by atoms with Gasteiger partial charge in [-0.25, -0.2) is 9.69 Å². The Kier molecular flexibility index (Phi) is 2.33. The summed E-state index contributed by atoms with van der Waals surface area (Å²) in [6, 6.07) is 12.3. The molecule has 0 aliphatic carbocycles. The number of quaternary nitrogens is 1. The van der Waals surface area contributed by atoms with Crippen molar-refractivity contribution in [1.29, 1.82) is 0 Å². The van der Waals surface area contributed by atoms with E-state index in [1.165, 1.54) is 0 Å². The molecule has 0 saturated heterocycles. The lowest BCUT2D eigenvalue weighted by atomic mass is 10.1. The minimum absolute atomic E-state index is 0.304. The number of hydrogen-bond donors (Lipinski definition) is 0. The predicted molar refractivity (Wildman–Crippen MR) is 71.4 cm³/mol. The molecule has 2 aromatic rings. The Morgan fingerprint density at radius 2 is 1.79 bits per heavy atom. The fourth-order valence-electron chi connectivity index (χ4n) is 2.24. The number of urea groups is 1. The van der Waals surface area contributed by atoms with Crippen LogP contribution >= 0.6 is 0 Å². The molecule has 0 aromatic heterocycles. The third-order valence-corrected chi connectivity index (χ3v) is 3.19. The van der Waals surface area contributed by atoms with E-state index in [1.54, 1.807) is 20.2 Å². The summed E-state index contributed by atoms with van der Waals surface area (Å²) in [5, 5.41) is 17.7. The number of rotatable bonds is 1. The Balaban J connectivity index is 2.22. The highest BCUT2D eigenvalue weighted by Gasteiger charge is 2.41. The van der Waals surface area contributed by atoms with Gasteiger partial charge in [0.2, 0.25) is 0 Å². The van der Waals surface area contributed by atoms with E-state index in [0.717, 1.165) is 15.7 Å². The molecule has 0 radical (unpaired) electrons. The molecule has 2 amide bonds. The van der Waals surface area contributed by atoms with Gasteiger partial charge in [0.15, 0.2) is 0 Å². The molecule has 5 heteroatoms. The van der Waals surface area contributed by atoms with Crippen molar-refractivity contribution < 1.29 is 14.5 Å². The number of benzene rings is 2. The first kappa shape index (κ1) is 11.7. The zero-order valence-electron chi connectivity index (χ0n) is 10.7. The number of fused-ring (bicyclic) bond motifs is 1. The highest BCUT2D eigenvalue weighted by Crippen LogP contribution is 2.30. The van der Waals surface area contributed by atoms with Crippen LogP contribution in [0.5, 0.6) is 0 Å². The molecule has 0 unspecified atom stereocenters. The number of amidine groups is 1. The van der Waals surface area contributed by atoms with E-state index in [0.29, 0.717) is 5.69 Å². The third kappa shape index (κ3) is 1.67. The molecule has 0 bridgehead atoms. The molecule has 5 nitrogen and oxygen atoms in total. The summed E-state index contributed by atoms with van der Waals surface area (Å²) in [6.07, 6.45) is 0. The van der Waals surface area contributed by atoms with E-state index in [4.69, 9.17) is 0 Å². The van der Waals surface area contributed by atoms with Crippen LogP contribution in [0.1, 0.15) is 0 Å². The van der Waals surface area contributed by atoms with Crippen LogP contribution in [0.25, 0.3) is 10.8 Å². The zero-order chi connectivity index (χ0) is 13.6. The Hall–Kier alpha value is -2.40. The van der Waals surface area contributed by atoms with Gasteiger partial charge in [0, 0.05) is 5.39 Å². The van der Waals surface area contributed by atoms with E-state index >= 15 is 0 Å². The predicted octanol–water partition coefficient (Wildman–Crippen LogP) is 1.49. The summed E-state index contributed by atoms with van der Waals surface area (Å²) < 4.78 is -0.304. The first-order valence-corrected chi connectivity index (χ1v) is 5.94.